The molecule has 0 radical (unpaired) electrons. The number of hydrogen-bond acceptors (Lipinski definition) is 3. The maximum Gasteiger partial charge on any atom is 0.0669 e. The summed E-state index contributed by atoms with van der Waals surface area (Å²) in [4.78, 5) is 1.19. The van der Waals surface area contributed by atoms with Crippen molar-refractivity contribution in [3.8, 4) is 0 Å². The standard InChI is InChI=1S/C12H16ClNOS/c13-12-6-11(4-3-9(12)7-14)16-8-10-2-1-5-15-10/h3-4,6,10H,1-2,5,7-8,14H2. The van der Waals surface area contributed by atoms with E-state index >= 15 is 0 Å². The number of rotatable bonds is 4. The van der Waals surface area contributed by atoms with Crippen LogP contribution in [-0.2, 0) is 11.3 Å². The van der Waals surface area contributed by atoms with Crippen LogP contribution in [-0.4, -0.2) is 18.5 Å². The summed E-state index contributed by atoms with van der Waals surface area (Å²) in [6.07, 6.45) is 2.79. The average molecular weight is 258 g/mol. The molecular weight excluding hydrogens is 242 g/mol. The minimum absolute atomic E-state index is 0.415. The van der Waals surface area contributed by atoms with Gasteiger partial charge in [0.1, 0.15) is 0 Å². The van der Waals surface area contributed by atoms with Crippen molar-refractivity contribution in [3.63, 3.8) is 0 Å². The minimum atomic E-state index is 0.415. The van der Waals surface area contributed by atoms with Crippen molar-refractivity contribution in [2.75, 3.05) is 12.4 Å². The summed E-state index contributed by atoms with van der Waals surface area (Å²) in [7, 11) is 0. The van der Waals surface area contributed by atoms with E-state index in [1.54, 1.807) is 11.8 Å². The fourth-order valence-corrected chi connectivity index (χ4v) is 3.08. The van der Waals surface area contributed by atoms with Gasteiger partial charge < -0.3 is 10.5 Å². The van der Waals surface area contributed by atoms with Crippen molar-refractivity contribution >= 4 is 23.4 Å². The minimum Gasteiger partial charge on any atom is -0.377 e. The molecule has 1 unspecified atom stereocenters. The Kier molecular flexibility index (Phi) is 4.53. The van der Waals surface area contributed by atoms with E-state index in [2.05, 4.69) is 6.07 Å². The highest BCUT2D eigenvalue weighted by atomic mass is 35.5. The first-order chi connectivity index (χ1) is 7.79. The SMILES string of the molecule is NCc1ccc(SCC2CCCO2)cc1Cl. The second-order valence-electron chi connectivity index (χ2n) is 3.90. The Hall–Kier alpha value is -0.220. The van der Waals surface area contributed by atoms with Gasteiger partial charge in [-0.1, -0.05) is 17.7 Å². The molecule has 1 atom stereocenters. The summed E-state index contributed by atoms with van der Waals surface area (Å²) in [5, 5.41) is 0.764. The number of hydrogen-bond donors (Lipinski definition) is 1. The first-order valence-electron chi connectivity index (χ1n) is 5.52. The second-order valence-corrected chi connectivity index (χ2v) is 5.40. The second kappa shape index (κ2) is 5.92. The van der Waals surface area contributed by atoms with Gasteiger partial charge in [-0.3, -0.25) is 0 Å². The van der Waals surface area contributed by atoms with E-state index in [9.17, 15) is 0 Å². The zero-order valence-electron chi connectivity index (χ0n) is 9.12. The van der Waals surface area contributed by atoms with Gasteiger partial charge in [-0.15, -0.1) is 11.8 Å². The molecule has 88 valence electrons. The molecule has 1 aliphatic rings. The molecule has 0 aliphatic carbocycles. The molecule has 0 saturated carbocycles. The Labute approximate surface area is 105 Å². The molecule has 0 spiro atoms. The molecule has 1 fully saturated rings. The Morgan fingerprint density at radius 3 is 3.00 bits per heavy atom. The predicted octanol–water partition coefficient (Wildman–Crippen LogP) is 3.07. The molecule has 1 aromatic carbocycles. The fraction of sp³-hybridized carbons (Fsp3) is 0.500. The quantitative estimate of drug-likeness (QED) is 0.842. The van der Waals surface area contributed by atoms with E-state index in [0.29, 0.717) is 12.6 Å². The topological polar surface area (TPSA) is 35.2 Å². The van der Waals surface area contributed by atoms with Gasteiger partial charge in [-0.05, 0) is 30.5 Å². The predicted molar refractivity (Wildman–Crippen MR) is 69.0 cm³/mol. The number of thioether (sulfide) groups is 1. The van der Waals surface area contributed by atoms with E-state index in [4.69, 9.17) is 22.1 Å². The van der Waals surface area contributed by atoms with Gasteiger partial charge in [0.2, 0.25) is 0 Å². The largest absolute Gasteiger partial charge is 0.377 e. The summed E-state index contributed by atoms with van der Waals surface area (Å²) in [6.45, 7) is 1.41. The van der Waals surface area contributed by atoms with E-state index in [0.717, 1.165) is 22.9 Å². The van der Waals surface area contributed by atoms with E-state index < -0.39 is 0 Å². The lowest BCUT2D eigenvalue weighted by atomic mass is 10.2. The van der Waals surface area contributed by atoms with Crippen LogP contribution in [0.1, 0.15) is 18.4 Å². The average Bonchev–Trinajstić information content (AvgIpc) is 2.79. The first-order valence-corrected chi connectivity index (χ1v) is 6.89. The number of halogens is 1. The van der Waals surface area contributed by atoms with E-state index in [1.165, 1.54) is 17.7 Å². The molecule has 2 N–H and O–H groups in total. The molecular formula is C12H16ClNOS. The van der Waals surface area contributed by atoms with Crippen LogP contribution >= 0.6 is 23.4 Å². The third-order valence-electron chi connectivity index (χ3n) is 2.70. The molecule has 1 saturated heterocycles. The molecule has 2 rings (SSSR count). The number of ether oxygens (including phenoxy) is 1. The summed E-state index contributed by atoms with van der Waals surface area (Å²) >= 11 is 7.90. The Balaban J connectivity index is 1.91. The first kappa shape index (κ1) is 12.2. The van der Waals surface area contributed by atoms with Crippen LogP contribution in [0.2, 0.25) is 5.02 Å². The third kappa shape index (κ3) is 3.14. The van der Waals surface area contributed by atoms with Crippen LogP contribution in [0, 0.1) is 0 Å². The molecule has 16 heavy (non-hydrogen) atoms. The summed E-state index contributed by atoms with van der Waals surface area (Å²) < 4.78 is 5.58. The monoisotopic (exact) mass is 257 g/mol. The molecule has 0 amide bonds. The fourth-order valence-electron chi connectivity index (χ4n) is 1.75. The van der Waals surface area contributed by atoms with Crippen molar-refractivity contribution in [1.82, 2.24) is 0 Å². The van der Waals surface area contributed by atoms with Crippen LogP contribution in [0.4, 0.5) is 0 Å². The van der Waals surface area contributed by atoms with Gasteiger partial charge in [0, 0.05) is 28.8 Å². The highest BCUT2D eigenvalue weighted by molar-refractivity contribution is 7.99. The molecule has 1 heterocycles. The van der Waals surface area contributed by atoms with Crippen LogP contribution in [0.15, 0.2) is 23.1 Å². The lowest BCUT2D eigenvalue weighted by Crippen LogP contribution is -2.07. The number of benzene rings is 1. The summed E-state index contributed by atoms with van der Waals surface area (Å²) in [6, 6.07) is 6.07. The van der Waals surface area contributed by atoms with Crippen LogP contribution < -0.4 is 5.73 Å². The molecule has 2 nitrogen and oxygen atoms in total. The molecule has 1 aliphatic heterocycles. The van der Waals surface area contributed by atoms with Gasteiger partial charge in [0.05, 0.1) is 6.10 Å². The van der Waals surface area contributed by atoms with E-state index in [-0.39, 0.29) is 0 Å². The lowest BCUT2D eigenvalue weighted by Gasteiger charge is -2.09. The zero-order valence-corrected chi connectivity index (χ0v) is 10.7. The normalized spacial score (nSPS) is 20.2. The zero-order chi connectivity index (χ0) is 11.4. The van der Waals surface area contributed by atoms with Crippen molar-refractivity contribution in [3.05, 3.63) is 28.8 Å². The summed E-state index contributed by atoms with van der Waals surface area (Å²) in [5.41, 5.74) is 6.57. The van der Waals surface area contributed by atoms with Crippen molar-refractivity contribution in [2.45, 2.75) is 30.4 Å². The van der Waals surface area contributed by atoms with Crippen LogP contribution in [0.25, 0.3) is 0 Å². The van der Waals surface area contributed by atoms with Crippen LogP contribution in [0.3, 0.4) is 0 Å². The summed E-state index contributed by atoms with van der Waals surface area (Å²) in [5.74, 6) is 1.01. The Bertz CT molecular complexity index is 353. The number of nitrogens with two attached hydrogens (primary N) is 1. The highest BCUT2D eigenvalue weighted by Gasteiger charge is 2.15. The Morgan fingerprint density at radius 2 is 2.38 bits per heavy atom. The molecule has 4 heteroatoms. The molecule has 1 aromatic rings. The molecule has 0 bridgehead atoms. The third-order valence-corrected chi connectivity index (χ3v) is 4.18. The Morgan fingerprint density at radius 1 is 1.50 bits per heavy atom. The van der Waals surface area contributed by atoms with Crippen molar-refractivity contribution < 1.29 is 4.74 Å². The van der Waals surface area contributed by atoms with E-state index in [1.807, 2.05) is 12.1 Å². The smallest absolute Gasteiger partial charge is 0.0669 e. The van der Waals surface area contributed by atoms with Gasteiger partial charge in [0.25, 0.3) is 0 Å². The maximum atomic E-state index is 6.10. The molecule has 0 aromatic heterocycles. The maximum absolute atomic E-state index is 6.10. The van der Waals surface area contributed by atoms with Crippen molar-refractivity contribution in [2.24, 2.45) is 5.73 Å². The van der Waals surface area contributed by atoms with Gasteiger partial charge in [-0.25, -0.2) is 0 Å². The van der Waals surface area contributed by atoms with Crippen LogP contribution in [0.5, 0.6) is 0 Å². The van der Waals surface area contributed by atoms with Gasteiger partial charge in [0.15, 0.2) is 0 Å². The highest BCUT2D eigenvalue weighted by Crippen LogP contribution is 2.27. The van der Waals surface area contributed by atoms with Gasteiger partial charge >= 0.3 is 0 Å². The van der Waals surface area contributed by atoms with Crippen molar-refractivity contribution in [1.29, 1.82) is 0 Å². The van der Waals surface area contributed by atoms with Gasteiger partial charge in [-0.2, -0.15) is 0 Å². The lowest BCUT2D eigenvalue weighted by molar-refractivity contribution is 0.129.